The van der Waals surface area contributed by atoms with Gasteiger partial charge in [0.1, 0.15) is 0 Å². The van der Waals surface area contributed by atoms with Crippen molar-refractivity contribution >= 4 is 17.4 Å². The van der Waals surface area contributed by atoms with Crippen LogP contribution in [0.4, 0.5) is 0 Å². The smallest absolute Gasteiger partial charge is 0 e. The lowest BCUT2D eigenvalue weighted by molar-refractivity contribution is 0.737. The summed E-state index contributed by atoms with van der Waals surface area (Å²) in [6.07, 6.45) is 0. The molecule has 29 valence electrons. The van der Waals surface area contributed by atoms with Gasteiger partial charge in [0.15, 0.2) is 0 Å². The van der Waals surface area contributed by atoms with Gasteiger partial charge in [-0.1, -0.05) is 20.8 Å². The standard InChI is InChI=1S/C4H10.Al/c1-4(2)3;/h4H,1-3H3;. The van der Waals surface area contributed by atoms with Crippen molar-refractivity contribution in [3.05, 3.63) is 0 Å². The second-order valence-electron chi connectivity index (χ2n) is 1.73. The molecule has 0 aliphatic rings. The monoisotopic (exact) mass is 85.1 g/mol. The zero-order valence-electron chi connectivity index (χ0n) is 4.15. The molecule has 0 atom stereocenters. The van der Waals surface area contributed by atoms with E-state index in [9.17, 15) is 0 Å². The van der Waals surface area contributed by atoms with Crippen molar-refractivity contribution in [3.63, 3.8) is 0 Å². The van der Waals surface area contributed by atoms with Crippen LogP contribution in [0.1, 0.15) is 20.8 Å². The van der Waals surface area contributed by atoms with Gasteiger partial charge < -0.3 is 0 Å². The third-order valence-corrected chi connectivity index (χ3v) is 0. The lowest BCUT2D eigenvalue weighted by atomic mass is 10.3. The van der Waals surface area contributed by atoms with E-state index in [1.165, 1.54) is 0 Å². The second-order valence-corrected chi connectivity index (χ2v) is 1.73. The van der Waals surface area contributed by atoms with Gasteiger partial charge >= 0.3 is 0 Å². The van der Waals surface area contributed by atoms with Crippen molar-refractivity contribution in [1.82, 2.24) is 0 Å². The molecule has 0 bridgehead atoms. The van der Waals surface area contributed by atoms with Gasteiger partial charge in [-0.05, 0) is 5.92 Å². The van der Waals surface area contributed by atoms with Crippen LogP contribution in [0, 0.1) is 5.92 Å². The highest BCUT2D eigenvalue weighted by atomic mass is 27.0. The minimum Gasteiger partial charge on any atom is -0.0630 e. The van der Waals surface area contributed by atoms with Crippen molar-refractivity contribution in [2.24, 2.45) is 5.92 Å². The summed E-state index contributed by atoms with van der Waals surface area (Å²) >= 11 is 0. The zero-order chi connectivity index (χ0) is 3.58. The average Bonchev–Trinajstić information content (AvgIpc) is 0.811. The van der Waals surface area contributed by atoms with E-state index in [4.69, 9.17) is 0 Å². The summed E-state index contributed by atoms with van der Waals surface area (Å²) in [5, 5.41) is 0. The molecule has 3 radical (unpaired) electrons. The SMILES string of the molecule is CC(C)C.[Al]. The molecule has 5 heavy (non-hydrogen) atoms. The Morgan fingerprint density at radius 3 is 1.00 bits per heavy atom. The molecule has 0 heterocycles. The topological polar surface area (TPSA) is 0 Å². The first kappa shape index (κ1) is 9.11. The fraction of sp³-hybridized carbons (Fsp3) is 1.00. The molecule has 0 aromatic carbocycles. The highest BCUT2D eigenvalue weighted by molar-refractivity contribution is 5.75. The van der Waals surface area contributed by atoms with Crippen LogP contribution < -0.4 is 0 Å². The Bertz CT molecular complexity index is 8.36. The van der Waals surface area contributed by atoms with Crippen molar-refractivity contribution in [2.75, 3.05) is 0 Å². The predicted octanol–water partition coefficient (Wildman–Crippen LogP) is 1.28. The van der Waals surface area contributed by atoms with Gasteiger partial charge in [-0.15, -0.1) is 0 Å². The van der Waals surface area contributed by atoms with E-state index in [1.807, 2.05) is 0 Å². The van der Waals surface area contributed by atoms with Crippen molar-refractivity contribution < 1.29 is 0 Å². The van der Waals surface area contributed by atoms with Crippen LogP contribution in [0.15, 0.2) is 0 Å². The highest BCUT2D eigenvalue weighted by Gasteiger charge is 1.68. The van der Waals surface area contributed by atoms with E-state index in [2.05, 4.69) is 20.8 Å². The predicted molar refractivity (Wildman–Crippen MR) is 26.3 cm³/mol. The first-order valence-corrected chi connectivity index (χ1v) is 1.73. The lowest BCUT2D eigenvalue weighted by Crippen LogP contribution is -1.66. The molecule has 1 heteroatoms. The van der Waals surface area contributed by atoms with Gasteiger partial charge in [-0.2, -0.15) is 0 Å². The Kier molecular flexibility index (Phi) is 8.26. The molecule has 0 saturated carbocycles. The molecule has 0 rings (SSSR count). The summed E-state index contributed by atoms with van der Waals surface area (Å²) in [5.41, 5.74) is 0. The van der Waals surface area contributed by atoms with Crippen molar-refractivity contribution in [2.45, 2.75) is 20.8 Å². The molecule has 0 nitrogen and oxygen atoms in total. The van der Waals surface area contributed by atoms with E-state index in [1.54, 1.807) is 0 Å². The second kappa shape index (κ2) is 4.53. The summed E-state index contributed by atoms with van der Waals surface area (Å²) < 4.78 is 0. The Balaban J connectivity index is 0. The molecular formula is C4H10Al. The summed E-state index contributed by atoms with van der Waals surface area (Å²) in [6.45, 7) is 6.50. The summed E-state index contributed by atoms with van der Waals surface area (Å²) in [5.74, 6) is 0.833. The maximum absolute atomic E-state index is 2.17. The van der Waals surface area contributed by atoms with E-state index in [0.29, 0.717) is 0 Å². The van der Waals surface area contributed by atoms with E-state index in [-0.39, 0.29) is 17.4 Å². The Morgan fingerprint density at radius 2 is 1.00 bits per heavy atom. The van der Waals surface area contributed by atoms with Crippen LogP contribution in [-0.2, 0) is 0 Å². The van der Waals surface area contributed by atoms with Gasteiger partial charge in [-0.25, -0.2) is 0 Å². The van der Waals surface area contributed by atoms with Crippen molar-refractivity contribution in [3.8, 4) is 0 Å². The molecule has 0 spiro atoms. The van der Waals surface area contributed by atoms with Gasteiger partial charge in [0.05, 0.1) is 0 Å². The normalized spacial score (nSPS) is 7.20. The molecule has 0 fully saturated rings. The van der Waals surface area contributed by atoms with Crippen LogP contribution in [-0.4, -0.2) is 17.4 Å². The third-order valence-electron chi connectivity index (χ3n) is 0. The number of hydrogen-bond acceptors (Lipinski definition) is 0. The Hall–Kier alpha value is 0.532. The van der Waals surface area contributed by atoms with E-state index in [0.717, 1.165) is 5.92 Å². The third kappa shape index (κ3) is 103. The van der Waals surface area contributed by atoms with Gasteiger partial charge in [0.25, 0.3) is 0 Å². The van der Waals surface area contributed by atoms with E-state index < -0.39 is 0 Å². The molecule has 0 unspecified atom stereocenters. The van der Waals surface area contributed by atoms with Crippen LogP contribution in [0.5, 0.6) is 0 Å². The fourth-order valence-electron chi connectivity index (χ4n) is 0. The van der Waals surface area contributed by atoms with E-state index >= 15 is 0 Å². The molecule has 0 aromatic rings. The first-order chi connectivity index (χ1) is 1.73. The molecular weight excluding hydrogens is 75.0 g/mol. The summed E-state index contributed by atoms with van der Waals surface area (Å²) in [4.78, 5) is 0. The quantitative estimate of drug-likeness (QED) is 0.389. The number of rotatable bonds is 0. The van der Waals surface area contributed by atoms with Crippen LogP contribution in [0.2, 0.25) is 0 Å². The minimum atomic E-state index is 0. The summed E-state index contributed by atoms with van der Waals surface area (Å²) in [7, 11) is 0. The van der Waals surface area contributed by atoms with Gasteiger partial charge in [0, 0.05) is 17.4 Å². The Morgan fingerprint density at radius 1 is 1.00 bits per heavy atom. The molecule has 0 aliphatic heterocycles. The number of hydrogen-bond donors (Lipinski definition) is 0. The summed E-state index contributed by atoms with van der Waals surface area (Å²) in [6, 6.07) is 0. The van der Waals surface area contributed by atoms with Crippen molar-refractivity contribution in [1.29, 1.82) is 0 Å². The molecule has 0 saturated heterocycles. The molecule has 0 amide bonds. The minimum absolute atomic E-state index is 0. The average molecular weight is 85.1 g/mol. The van der Waals surface area contributed by atoms with Crippen LogP contribution >= 0.6 is 0 Å². The fourth-order valence-corrected chi connectivity index (χ4v) is 0. The zero-order valence-corrected chi connectivity index (χ0v) is 5.31. The molecule has 0 N–H and O–H groups in total. The van der Waals surface area contributed by atoms with Gasteiger partial charge in [0.2, 0.25) is 0 Å². The van der Waals surface area contributed by atoms with Crippen LogP contribution in [0.25, 0.3) is 0 Å². The highest BCUT2D eigenvalue weighted by Crippen LogP contribution is 1.81. The Labute approximate surface area is 44.7 Å². The maximum atomic E-state index is 2.17. The first-order valence-electron chi connectivity index (χ1n) is 1.73. The largest absolute Gasteiger partial charge is 0.0630 e. The molecule has 0 aromatic heterocycles. The van der Waals surface area contributed by atoms with Crippen LogP contribution in [0.3, 0.4) is 0 Å². The maximum Gasteiger partial charge on any atom is 0 e. The molecule has 0 aliphatic carbocycles. The lowest BCUT2D eigenvalue weighted by Gasteiger charge is -1.79. The van der Waals surface area contributed by atoms with Gasteiger partial charge in [-0.3, -0.25) is 0 Å².